The van der Waals surface area contributed by atoms with E-state index in [1.807, 2.05) is 0 Å². The molecule has 4 heavy (non-hydrogen) atoms. The summed E-state index contributed by atoms with van der Waals surface area (Å²) in [5, 5.41) is 0. The predicted molar refractivity (Wildman–Crippen MR) is 0 cm³/mol. The molecule has 0 aromatic rings. The first-order valence-corrected chi connectivity index (χ1v) is 0. The Morgan fingerprint density at radius 2 is 1.00 bits per heavy atom. The first-order valence-electron chi connectivity index (χ1n) is 0. The summed E-state index contributed by atoms with van der Waals surface area (Å²) in [6.45, 7) is 0. The van der Waals surface area contributed by atoms with Crippen LogP contribution in [0.2, 0.25) is 0 Å². The number of rotatable bonds is 0. The van der Waals surface area contributed by atoms with E-state index in [1.54, 1.807) is 0 Å². The van der Waals surface area contributed by atoms with Crippen LogP contribution in [0.1, 0.15) is 0 Å². The van der Waals surface area contributed by atoms with Crippen molar-refractivity contribution in [2.75, 3.05) is 0 Å². The van der Waals surface area contributed by atoms with Crippen LogP contribution in [0.5, 0.6) is 0 Å². The molecule has 0 aromatic heterocycles. The SMILES string of the molecule is [Co].[Nd].[V].[Zr]. The van der Waals surface area contributed by atoms with E-state index in [-0.39, 0.29) is 102 Å². The molecular weight excluding hydrogens is 345 g/mol. The average molecular weight is 345 g/mol. The summed E-state index contributed by atoms with van der Waals surface area (Å²) in [7, 11) is 0. The Kier molecular flexibility index (Phi) is 108. The minimum Gasteiger partial charge on any atom is 0 e. The maximum atomic E-state index is 0. The van der Waals surface area contributed by atoms with E-state index in [4.69, 9.17) is 0 Å². The first kappa shape index (κ1) is 26.5. The molecule has 0 aliphatic rings. The Balaban J connectivity index is 0. The van der Waals surface area contributed by atoms with E-state index in [2.05, 4.69) is 0 Å². The second-order valence-corrected chi connectivity index (χ2v) is 0. The average Bonchev–Trinajstić information content (AvgIpc) is 0. The van der Waals surface area contributed by atoms with Gasteiger partial charge in [0.2, 0.25) is 0 Å². The Bertz CT molecular complexity index is 8.00. The van der Waals surface area contributed by atoms with Crippen LogP contribution in [-0.4, -0.2) is 0 Å². The summed E-state index contributed by atoms with van der Waals surface area (Å²) < 4.78 is 0. The monoisotopic (exact) mass is 342 g/mol. The summed E-state index contributed by atoms with van der Waals surface area (Å²) in [5.41, 5.74) is 0. The van der Waals surface area contributed by atoms with Crippen molar-refractivity contribution in [1.82, 2.24) is 0 Å². The van der Waals surface area contributed by atoms with E-state index >= 15 is 0 Å². The fraction of sp³-hybridized carbons (Fsp3) is 0. The molecule has 0 unspecified atom stereocenters. The maximum absolute atomic E-state index is 0. The van der Waals surface area contributed by atoms with Gasteiger partial charge < -0.3 is 0 Å². The van der Waals surface area contributed by atoms with Gasteiger partial charge in [-0.15, -0.1) is 0 Å². The topological polar surface area (TPSA) is 0 Å². The van der Waals surface area contributed by atoms with Gasteiger partial charge in [0.15, 0.2) is 0 Å². The minimum atomic E-state index is 0. The van der Waals surface area contributed by atoms with E-state index < -0.39 is 0 Å². The number of hydrogen-bond donors (Lipinski definition) is 0. The van der Waals surface area contributed by atoms with Gasteiger partial charge in [0, 0.05) is 102 Å². The van der Waals surface area contributed by atoms with Gasteiger partial charge in [-0.3, -0.25) is 0 Å². The van der Waals surface area contributed by atoms with Crippen molar-refractivity contribution in [1.29, 1.82) is 0 Å². The summed E-state index contributed by atoms with van der Waals surface area (Å²) in [6.07, 6.45) is 0. The molecule has 0 saturated carbocycles. The zero-order valence-corrected chi connectivity index (χ0v) is 9.88. The molecule has 0 aliphatic carbocycles. The Hall–Kier alpha value is 3.32. The van der Waals surface area contributed by atoms with E-state index in [0.29, 0.717) is 0 Å². The summed E-state index contributed by atoms with van der Waals surface area (Å²) in [5.74, 6) is 0. The molecule has 0 N–H and O–H groups in total. The Morgan fingerprint density at radius 3 is 1.00 bits per heavy atom. The molecule has 0 fully saturated rings. The standard InChI is InChI=1S/Co.Nd.V.Zr. The summed E-state index contributed by atoms with van der Waals surface area (Å²) in [4.78, 5) is 0. The third-order valence-electron chi connectivity index (χ3n) is 0. The van der Waals surface area contributed by atoms with Crippen LogP contribution >= 0.6 is 0 Å². The third kappa shape index (κ3) is 9.01. The van der Waals surface area contributed by atoms with Gasteiger partial charge >= 0.3 is 0 Å². The van der Waals surface area contributed by atoms with E-state index in [1.165, 1.54) is 0 Å². The van der Waals surface area contributed by atoms with E-state index in [9.17, 15) is 0 Å². The van der Waals surface area contributed by atoms with Gasteiger partial charge in [0.1, 0.15) is 0 Å². The molecule has 0 spiro atoms. The van der Waals surface area contributed by atoms with Crippen molar-refractivity contribution in [3.63, 3.8) is 0 Å². The van der Waals surface area contributed by atoms with E-state index in [0.717, 1.165) is 0 Å². The molecule has 0 amide bonds. The minimum absolute atomic E-state index is 0. The van der Waals surface area contributed by atoms with Gasteiger partial charge in [-0.25, -0.2) is 0 Å². The second-order valence-electron chi connectivity index (χ2n) is 0. The van der Waals surface area contributed by atoms with Gasteiger partial charge in [-0.1, -0.05) is 0 Å². The molecule has 0 atom stereocenters. The first-order chi connectivity index (χ1) is 0. The smallest absolute Gasteiger partial charge is 0 e. The van der Waals surface area contributed by atoms with Crippen LogP contribution < -0.4 is 0 Å². The van der Waals surface area contributed by atoms with Gasteiger partial charge in [0.25, 0.3) is 0 Å². The molecule has 0 bridgehead atoms. The summed E-state index contributed by atoms with van der Waals surface area (Å²) >= 11 is 0. The largest absolute Gasteiger partial charge is 0 e. The van der Waals surface area contributed by atoms with Crippen LogP contribution in [0.4, 0.5) is 0 Å². The van der Waals surface area contributed by atoms with Gasteiger partial charge in [-0.2, -0.15) is 0 Å². The van der Waals surface area contributed by atoms with Crippen LogP contribution in [0.25, 0.3) is 0 Å². The zero-order chi connectivity index (χ0) is 0. The van der Waals surface area contributed by atoms with Crippen molar-refractivity contribution in [2.24, 2.45) is 0 Å². The molecule has 0 rings (SSSR count). The summed E-state index contributed by atoms with van der Waals surface area (Å²) in [6, 6.07) is 0. The van der Waals surface area contributed by atoms with Crippen molar-refractivity contribution < 1.29 is 102 Å². The molecular formula is CoNdVZr. The van der Waals surface area contributed by atoms with Gasteiger partial charge in [0.05, 0.1) is 0 Å². The Morgan fingerprint density at radius 1 is 1.00 bits per heavy atom. The molecule has 0 heterocycles. The number of hydrogen-bond acceptors (Lipinski definition) is 0. The van der Waals surface area contributed by atoms with Crippen molar-refractivity contribution in [3.05, 3.63) is 0 Å². The quantitative estimate of drug-likeness (QED) is 0.580. The Labute approximate surface area is 100.0 Å². The van der Waals surface area contributed by atoms with Crippen LogP contribution in [0.3, 0.4) is 0 Å². The zero-order valence-electron chi connectivity index (χ0n) is 1.78. The molecule has 0 saturated heterocycles. The van der Waals surface area contributed by atoms with Crippen molar-refractivity contribution in [3.8, 4) is 0 Å². The molecule has 0 nitrogen and oxygen atoms in total. The van der Waals surface area contributed by atoms with Gasteiger partial charge in [-0.05, 0) is 0 Å². The molecule has 22 valence electrons. The van der Waals surface area contributed by atoms with Crippen LogP contribution in [0.15, 0.2) is 0 Å². The van der Waals surface area contributed by atoms with Crippen molar-refractivity contribution in [2.45, 2.75) is 0 Å². The van der Waals surface area contributed by atoms with Crippen LogP contribution in [0, 0.1) is 40.8 Å². The molecule has 4 heteroatoms. The molecule has 2 radical (unpaired) electrons. The maximum Gasteiger partial charge on any atom is 0 e. The third-order valence-corrected chi connectivity index (χ3v) is 0. The second kappa shape index (κ2) is 16.2. The fourth-order valence-electron chi connectivity index (χ4n) is 0. The van der Waals surface area contributed by atoms with Crippen molar-refractivity contribution >= 4 is 0 Å². The van der Waals surface area contributed by atoms with Crippen LogP contribution in [-0.2, 0) is 61.5 Å². The normalized spacial score (nSPS) is 0. The predicted octanol–water partition coefficient (Wildman–Crippen LogP) is -0.00750. The molecule has 0 aliphatic heterocycles. The molecule has 0 aromatic carbocycles. The fourth-order valence-corrected chi connectivity index (χ4v) is 0.